The highest BCUT2D eigenvalue weighted by molar-refractivity contribution is 5.89. The molecule has 2 aliphatic heterocycles. The number of hydrogen-bond acceptors (Lipinski definition) is 16. The van der Waals surface area contributed by atoms with Crippen LogP contribution >= 0.6 is 0 Å². The number of aliphatic hydroxyl groups is 2. The highest BCUT2D eigenvalue weighted by Crippen LogP contribution is 2.40. The van der Waals surface area contributed by atoms with Crippen molar-refractivity contribution in [3.05, 3.63) is 35.9 Å². The molecule has 0 aliphatic carbocycles. The van der Waals surface area contributed by atoms with Crippen LogP contribution in [0.15, 0.2) is 56.4 Å². The summed E-state index contributed by atoms with van der Waals surface area (Å²) in [6.07, 6.45) is 2.23. The number of carbonyl (C=O) groups is 2. The van der Waals surface area contributed by atoms with Crippen molar-refractivity contribution in [1.82, 2.24) is 30.4 Å². The molecular weight excluding hydrogens is 484 g/mol. The maximum absolute atomic E-state index is 12.6. The third-order valence-corrected chi connectivity index (χ3v) is 5.05. The van der Waals surface area contributed by atoms with Crippen LogP contribution in [0.25, 0.3) is 0 Å². The molecule has 18 nitrogen and oxygen atoms in total. The standard InChI is InChI=1S/C18H20N10O8/c1-8(2)18(35-13(31)10(14(32)36-18)24-28-16-20-7-22-26-16)5-4-17(3)33-11(29)9(12(30)34-17)23-27-15-19-6-21-25-15/h6-8,29,31H,4-5H2,1-3H3,(H,19,21,25)(H,20,22,26). The van der Waals surface area contributed by atoms with Gasteiger partial charge in [-0.1, -0.05) is 13.8 Å². The lowest BCUT2D eigenvalue weighted by atomic mass is 9.94. The van der Waals surface area contributed by atoms with E-state index in [1.54, 1.807) is 13.8 Å². The van der Waals surface area contributed by atoms with E-state index < -0.39 is 52.7 Å². The van der Waals surface area contributed by atoms with Gasteiger partial charge in [0.1, 0.15) is 12.7 Å². The van der Waals surface area contributed by atoms with E-state index in [0.717, 1.165) is 0 Å². The van der Waals surface area contributed by atoms with Gasteiger partial charge in [0, 0.05) is 25.7 Å². The number of ether oxygens (including phenoxy) is 4. The lowest BCUT2D eigenvalue weighted by Crippen LogP contribution is -2.49. The number of cyclic esters (lactones) is 2. The van der Waals surface area contributed by atoms with E-state index in [9.17, 15) is 19.8 Å². The van der Waals surface area contributed by atoms with E-state index in [4.69, 9.17) is 18.9 Å². The molecule has 4 rings (SSSR count). The molecule has 2 aromatic rings. The molecule has 4 heterocycles. The van der Waals surface area contributed by atoms with Gasteiger partial charge in [0.2, 0.25) is 0 Å². The summed E-state index contributed by atoms with van der Waals surface area (Å²) in [6, 6.07) is 0. The first-order valence-electron chi connectivity index (χ1n) is 10.4. The summed E-state index contributed by atoms with van der Waals surface area (Å²) < 4.78 is 21.7. The second-order valence-electron chi connectivity index (χ2n) is 7.92. The quantitative estimate of drug-likeness (QED) is 0.298. The molecule has 2 aromatic heterocycles. The molecule has 190 valence electrons. The molecule has 0 fully saturated rings. The molecule has 0 aromatic carbocycles. The van der Waals surface area contributed by atoms with Gasteiger partial charge in [-0.15, -0.1) is 40.9 Å². The molecule has 4 N–H and O–H groups in total. The van der Waals surface area contributed by atoms with Gasteiger partial charge >= 0.3 is 23.8 Å². The Labute approximate surface area is 201 Å². The Kier molecular flexibility index (Phi) is 6.32. The molecular formula is C18H20N10O8. The fourth-order valence-corrected chi connectivity index (χ4v) is 3.12. The first kappa shape index (κ1) is 24.2. The van der Waals surface area contributed by atoms with Gasteiger partial charge in [0.25, 0.3) is 34.9 Å². The van der Waals surface area contributed by atoms with Gasteiger partial charge in [0.05, 0.1) is 0 Å². The first-order valence-corrected chi connectivity index (χ1v) is 10.4. The fraction of sp³-hybridized carbons (Fsp3) is 0.444. The van der Waals surface area contributed by atoms with E-state index >= 15 is 0 Å². The minimum atomic E-state index is -1.70. The highest BCUT2D eigenvalue weighted by Gasteiger charge is 2.50. The van der Waals surface area contributed by atoms with Crippen LogP contribution in [-0.4, -0.2) is 64.1 Å². The number of aromatic amines is 2. The van der Waals surface area contributed by atoms with Crippen molar-refractivity contribution < 1.29 is 38.7 Å². The van der Waals surface area contributed by atoms with Crippen LogP contribution in [0.2, 0.25) is 0 Å². The molecule has 2 aliphatic rings. The Bertz CT molecular complexity index is 1250. The van der Waals surface area contributed by atoms with Gasteiger partial charge in [-0.05, 0) is 0 Å². The number of nitrogens with one attached hydrogen (secondary N) is 2. The highest BCUT2D eigenvalue weighted by atomic mass is 16.8. The molecule has 18 heteroatoms. The number of aliphatic hydroxyl groups excluding tert-OH is 2. The maximum atomic E-state index is 12.6. The van der Waals surface area contributed by atoms with Crippen LogP contribution in [-0.2, 0) is 28.5 Å². The van der Waals surface area contributed by atoms with Crippen molar-refractivity contribution >= 4 is 23.8 Å². The molecule has 0 saturated heterocycles. The molecule has 2 unspecified atom stereocenters. The van der Waals surface area contributed by atoms with Gasteiger partial charge in [-0.2, -0.15) is 0 Å². The van der Waals surface area contributed by atoms with Crippen molar-refractivity contribution in [2.45, 2.75) is 45.2 Å². The number of esters is 2. The second-order valence-corrected chi connectivity index (χ2v) is 7.92. The third kappa shape index (κ3) is 4.95. The van der Waals surface area contributed by atoms with Gasteiger partial charge in [-0.25, -0.2) is 9.59 Å². The lowest BCUT2D eigenvalue weighted by molar-refractivity contribution is -0.278. The summed E-state index contributed by atoms with van der Waals surface area (Å²) in [5.41, 5.74) is -1.18. The molecule has 0 radical (unpaired) electrons. The summed E-state index contributed by atoms with van der Waals surface area (Å²) >= 11 is 0. The number of rotatable bonds is 8. The van der Waals surface area contributed by atoms with E-state index in [2.05, 4.69) is 50.8 Å². The van der Waals surface area contributed by atoms with Gasteiger partial charge < -0.3 is 39.1 Å². The first-order chi connectivity index (χ1) is 17.1. The van der Waals surface area contributed by atoms with E-state index in [1.165, 1.54) is 19.6 Å². The Morgan fingerprint density at radius 1 is 0.833 bits per heavy atom. The lowest BCUT2D eigenvalue weighted by Gasteiger charge is -2.41. The summed E-state index contributed by atoms with van der Waals surface area (Å²) in [7, 11) is 0. The van der Waals surface area contributed by atoms with Crippen molar-refractivity contribution in [3.63, 3.8) is 0 Å². The summed E-state index contributed by atoms with van der Waals surface area (Å²) in [5.74, 6) is -7.60. The van der Waals surface area contributed by atoms with Crippen LogP contribution in [0.1, 0.15) is 33.6 Å². The van der Waals surface area contributed by atoms with Crippen LogP contribution in [0.5, 0.6) is 0 Å². The summed E-state index contributed by atoms with van der Waals surface area (Å²) in [5, 5.41) is 49.2. The van der Waals surface area contributed by atoms with Crippen molar-refractivity contribution in [2.75, 3.05) is 0 Å². The average molecular weight is 504 g/mol. The topological polar surface area (TPSA) is 244 Å². The van der Waals surface area contributed by atoms with Crippen molar-refractivity contribution in [3.8, 4) is 0 Å². The van der Waals surface area contributed by atoms with Gasteiger partial charge in [0.15, 0.2) is 0 Å². The smallest absolute Gasteiger partial charge is 0.369 e. The van der Waals surface area contributed by atoms with Crippen LogP contribution < -0.4 is 0 Å². The van der Waals surface area contributed by atoms with E-state index in [0.29, 0.717) is 0 Å². The van der Waals surface area contributed by atoms with Crippen LogP contribution in [0.3, 0.4) is 0 Å². The maximum Gasteiger partial charge on any atom is 0.369 e. The van der Waals surface area contributed by atoms with E-state index in [-0.39, 0.29) is 24.7 Å². The Morgan fingerprint density at radius 3 is 1.81 bits per heavy atom. The molecule has 2 atom stereocenters. The zero-order valence-electron chi connectivity index (χ0n) is 19.1. The molecule has 0 saturated carbocycles. The number of azo groups is 2. The molecule has 0 spiro atoms. The Hall–Kier alpha value is -4.90. The Morgan fingerprint density at radius 2 is 1.36 bits per heavy atom. The number of nitrogens with zero attached hydrogens (tertiary/aromatic N) is 8. The minimum Gasteiger partial charge on any atom is -0.479 e. The predicted octanol–water partition coefficient (Wildman–Crippen LogP) is 2.24. The Balaban J connectivity index is 1.48. The van der Waals surface area contributed by atoms with Crippen LogP contribution in [0, 0.1) is 5.92 Å². The normalized spacial score (nSPS) is 24.9. The SMILES string of the molecule is CC(C)C1(CCC2(C)OC(=O)C(N=Nc3nnc[nH]3)=C(O)O2)OC(=O)C(N=Nc2nnc[nH]2)=C(O)O1. The van der Waals surface area contributed by atoms with Crippen LogP contribution in [0.4, 0.5) is 11.9 Å². The monoisotopic (exact) mass is 504 g/mol. The van der Waals surface area contributed by atoms with Crippen molar-refractivity contribution in [1.29, 1.82) is 0 Å². The summed E-state index contributed by atoms with van der Waals surface area (Å²) in [6.45, 7) is 4.73. The molecule has 0 bridgehead atoms. The fourth-order valence-electron chi connectivity index (χ4n) is 3.12. The zero-order valence-corrected chi connectivity index (χ0v) is 19.1. The molecule has 0 amide bonds. The predicted molar refractivity (Wildman–Crippen MR) is 111 cm³/mol. The third-order valence-electron chi connectivity index (χ3n) is 5.05. The van der Waals surface area contributed by atoms with E-state index in [1.807, 2.05) is 0 Å². The summed E-state index contributed by atoms with van der Waals surface area (Å²) in [4.78, 5) is 30.1. The van der Waals surface area contributed by atoms with Crippen molar-refractivity contribution in [2.24, 2.45) is 26.4 Å². The zero-order chi connectivity index (χ0) is 25.9. The number of carbonyl (C=O) groups excluding carboxylic acids is 2. The van der Waals surface area contributed by atoms with Gasteiger partial charge in [-0.3, -0.25) is 0 Å². The molecule has 36 heavy (non-hydrogen) atoms. The number of aromatic nitrogens is 6. The second kappa shape index (κ2) is 9.39. The minimum absolute atomic E-state index is 0.0134. The largest absolute Gasteiger partial charge is 0.479 e. The average Bonchev–Trinajstić information content (AvgIpc) is 3.51. The number of hydrogen-bond donors (Lipinski definition) is 4. The number of H-pyrrole nitrogens is 2.